The van der Waals surface area contributed by atoms with Crippen LogP contribution in [0.1, 0.15) is 18.7 Å². The third kappa shape index (κ3) is 4.12. The van der Waals surface area contributed by atoms with Crippen LogP contribution in [0, 0.1) is 5.82 Å². The molecular weight excluding hydrogens is 289 g/mol. The molecule has 1 aromatic carbocycles. The Labute approximate surface area is 127 Å². The molecule has 0 fully saturated rings. The van der Waals surface area contributed by atoms with Gasteiger partial charge in [-0.1, -0.05) is 18.2 Å². The molecule has 0 aliphatic rings. The Morgan fingerprint density at radius 3 is 2.62 bits per heavy atom. The molecule has 2 aromatic rings. The lowest BCUT2D eigenvalue weighted by Crippen LogP contribution is -2.34. The molecule has 1 aromatic heterocycles. The van der Waals surface area contributed by atoms with Gasteiger partial charge in [-0.3, -0.25) is 9.69 Å². The minimum absolute atomic E-state index is 0.00456. The van der Waals surface area contributed by atoms with Gasteiger partial charge in [0, 0.05) is 27.9 Å². The van der Waals surface area contributed by atoms with Gasteiger partial charge < -0.3 is 5.11 Å². The second-order valence-corrected chi connectivity index (χ2v) is 6.31. The largest absolute Gasteiger partial charge is 0.480 e. The maximum Gasteiger partial charge on any atom is 0.317 e. The van der Waals surface area contributed by atoms with E-state index in [4.69, 9.17) is 5.11 Å². The third-order valence-electron chi connectivity index (χ3n) is 3.23. The van der Waals surface area contributed by atoms with E-state index in [2.05, 4.69) is 0 Å². The number of halogens is 1. The summed E-state index contributed by atoms with van der Waals surface area (Å²) < 4.78 is 13.8. The molecule has 2 rings (SSSR count). The number of benzene rings is 1. The molecule has 0 bridgehead atoms. The molecule has 0 aliphatic heterocycles. The number of hydrogen-bond acceptors (Lipinski definition) is 3. The van der Waals surface area contributed by atoms with E-state index in [0.29, 0.717) is 12.1 Å². The maximum atomic E-state index is 13.8. The monoisotopic (exact) mass is 307 g/mol. The maximum absolute atomic E-state index is 13.8. The summed E-state index contributed by atoms with van der Waals surface area (Å²) in [6.45, 7) is 4.50. The highest BCUT2D eigenvalue weighted by atomic mass is 32.1. The molecule has 0 aliphatic carbocycles. The molecule has 0 saturated carbocycles. The minimum atomic E-state index is -0.838. The van der Waals surface area contributed by atoms with Gasteiger partial charge in [0.1, 0.15) is 5.82 Å². The Morgan fingerprint density at radius 2 is 2.00 bits per heavy atom. The van der Waals surface area contributed by atoms with E-state index in [1.54, 1.807) is 12.1 Å². The third-order valence-corrected chi connectivity index (χ3v) is 4.33. The topological polar surface area (TPSA) is 40.5 Å². The number of aliphatic carboxylic acids is 1. The predicted octanol–water partition coefficient (Wildman–Crippen LogP) is 3.85. The molecule has 0 amide bonds. The average molecular weight is 307 g/mol. The molecule has 3 nitrogen and oxygen atoms in total. The van der Waals surface area contributed by atoms with Gasteiger partial charge in [-0.25, -0.2) is 4.39 Å². The van der Waals surface area contributed by atoms with Crippen molar-refractivity contribution in [3.63, 3.8) is 0 Å². The smallest absolute Gasteiger partial charge is 0.317 e. The van der Waals surface area contributed by atoms with Gasteiger partial charge in [0.15, 0.2) is 0 Å². The van der Waals surface area contributed by atoms with E-state index < -0.39 is 5.97 Å². The first-order valence-electron chi connectivity index (χ1n) is 6.77. The first-order valence-corrected chi connectivity index (χ1v) is 7.58. The lowest BCUT2D eigenvalue weighted by Gasteiger charge is -2.23. The SMILES string of the molecule is CC(C)N(CC(=O)O)Cc1ccc(-c2ccccc2F)s1. The van der Waals surface area contributed by atoms with Gasteiger partial charge >= 0.3 is 5.97 Å². The zero-order chi connectivity index (χ0) is 15.4. The standard InChI is InChI=1S/C16H18FNO2S/c1-11(2)18(10-16(19)20)9-12-7-8-15(21-12)13-5-3-4-6-14(13)17/h3-8,11H,9-10H2,1-2H3,(H,19,20). The Bertz CT molecular complexity index is 624. The van der Waals surface area contributed by atoms with Crippen LogP contribution in [0.15, 0.2) is 36.4 Å². The van der Waals surface area contributed by atoms with E-state index >= 15 is 0 Å². The van der Waals surface area contributed by atoms with Gasteiger partial charge in [-0.05, 0) is 32.0 Å². The van der Waals surface area contributed by atoms with Crippen molar-refractivity contribution in [2.45, 2.75) is 26.4 Å². The molecule has 0 unspecified atom stereocenters. The van der Waals surface area contributed by atoms with Gasteiger partial charge in [0.05, 0.1) is 6.54 Å². The molecule has 5 heteroatoms. The summed E-state index contributed by atoms with van der Waals surface area (Å²) in [7, 11) is 0. The Kier molecular flexibility index (Phi) is 5.09. The van der Waals surface area contributed by atoms with Crippen molar-refractivity contribution in [3.8, 4) is 10.4 Å². The average Bonchev–Trinajstić information content (AvgIpc) is 2.86. The van der Waals surface area contributed by atoms with E-state index in [1.807, 2.05) is 36.9 Å². The molecule has 0 saturated heterocycles. The number of rotatable bonds is 6. The Hall–Kier alpha value is -1.72. The summed E-state index contributed by atoms with van der Waals surface area (Å²) in [5.41, 5.74) is 0.586. The summed E-state index contributed by atoms with van der Waals surface area (Å²) in [5.74, 6) is -1.08. The summed E-state index contributed by atoms with van der Waals surface area (Å²) in [5, 5.41) is 8.94. The van der Waals surface area contributed by atoms with Gasteiger partial charge in [0.25, 0.3) is 0 Å². The summed E-state index contributed by atoms with van der Waals surface area (Å²) >= 11 is 1.50. The number of carboxylic acids is 1. The quantitative estimate of drug-likeness (QED) is 0.881. The van der Waals surface area contributed by atoms with E-state index in [0.717, 1.165) is 9.75 Å². The normalized spacial score (nSPS) is 11.3. The highest BCUT2D eigenvalue weighted by molar-refractivity contribution is 7.15. The molecule has 1 N–H and O–H groups in total. The highest BCUT2D eigenvalue weighted by Crippen LogP contribution is 2.30. The first kappa shape index (κ1) is 15.7. The van der Waals surface area contributed by atoms with Gasteiger partial charge in [-0.15, -0.1) is 11.3 Å². The zero-order valence-electron chi connectivity index (χ0n) is 12.0. The number of hydrogen-bond donors (Lipinski definition) is 1. The summed E-state index contributed by atoms with van der Waals surface area (Å²) in [6.07, 6.45) is 0. The minimum Gasteiger partial charge on any atom is -0.480 e. The fourth-order valence-electron chi connectivity index (χ4n) is 2.06. The van der Waals surface area contributed by atoms with Crippen molar-refractivity contribution in [1.29, 1.82) is 0 Å². The number of carboxylic acid groups (broad SMARTS) is 1. The predicted molar refractivity (Wildman–Crippen MR) is 82.9 cm³/mol. The fraction of sp³-hybridized carbons (Fsp3) is 0.312. The van der Waals surface area contributed by atoms with Gasteiger partial charge in [-0.2, -0.15) is 0 Å². The Balaban J connectivity index is 2.16. The van der Waals surface area contributed by atoms with Crippen molar-refractivity contribution in [3.05, 3.63) is 47.1 Å². The van der Waals surface area contributed by atoms with E-state index in [-0.39, 0.29) is 18.4 Å². The van der Waals surface area contributed by atoms with Crippen LogP contribution in [0.4, 0.5) is 4.39 Å². The van der Waals surface area contributed by atoms with Crippen LogP contribution < -0.4 is 0 Å². The molecular formula is C16H18FNO2S. The first-order chi connectivity index (χ1) is 9.97. The van der Waals surface area contributed by atoms with Crippen LogP contribution in [0.5, 0.6) is 0 Å². The summed E-state index contributed by atoms with van der Waals surface area (Å²) in [6, 6.07) is 10.6. The second kappa shape index (κ2) is 6.83. The van der Waals surface area contributed by atoms with Crippen LogP contribution in [-0.2, 0) is 11.3 Å². The lowest BCUT2D eigenvalue weighted by atomic mass is 10.2. The Morgan fingerprint density at radius 1 is 1.29 bits per heavy atom. The van der Waals surface area contributed by atoms with Crippen LogP contribution in [-0.4, -0.2) is 28.6 Å². The highest BCUT2D eigenvalue weighted by Gasteiger charge is 2.15. The van der Waals surface area contributed by atoms with Crippen molar-refractivity contribution < 1.29 is 14.3 Å². The lowest BCUT2D eigenvalue weighted by molar-refractivity contribution is -0.138. The molecule has 21 heavy (non-hydrogen) atoms. The van der Waals surface area contributed by atoms with Crippen LogP contribution in [0.3, 0.4) is 0 Å². The van der Waals surface area contributed by atoms with Crippen molar-refractivity contribution in [2.24, 2.45) is 0 Å². The van der Waals surface area contributed by atoms with Crippen molar-refractivity contribution in [2.75, 3.05) is 6.54 Å². The van der Waals surface area contributed by atoms with E-state index in [9.17, 15) is 9.18 Å². The van der Waals surface area contributed by atoms with Gasteiger partial charge in [0.2, 0.25) is 0 Å². The summed E-state index contributed by atoms with van der Waals surface area (Å²) in [4.78, 5) is 14.7. The van der Waals surface area contributed by atoms with Crippen molar-refractivity contribution >= 4 is 17.3 Å². The zero-order valence-corrected chi connectivity index (χ0v) is 12.9. The molecule has 112 valence electrons. The number of nitrogens with zero attached hydrogens (tertiary/aromatic N) is 1. The molecule has 0 spiro atoms. The fourth-order valence-corrected chi connectivity index (χ4v) is 3.12. The van der Waals surface area contributed by atoms with Crippen LogP contribution >= 0.6 is 11.3 Å². The van der Waals surface area contributed by atoms with Crippen molar-refractivity contribution in [1.82, 2.24) is 4.90 Å². The molecule has 0 radical (unpaired) electrons. The number of carbonyl (C=O) groups is 1. The second-order valence-electron chi connectivity index (χ2n) is 5.14. The van der Waals surface area contributed by atoms with E-state index in [1.165, 1.54) is 17.4 Å². The molecule has 0 atom stereocenters. The molecule has 1 heterocycles. The van der Waals surface area contributed by atoms with Crippen LogP contribution in [0.2, 0.25) is 0 Å². The van der Waals surface area contributed by atoms with Crippen LogP contribution in [0.25, 0.3) is 10.4 Å². The number of thiophene rings is 1.